The van der Waals surface area contributed by atoms with Gasteiger partial charge in [0.1, 0.15) is 0 Å². The first kappa shape index (κ1) is 13.7. The Morgan fingerprint density at radius 2 is 2.11 bits per heavy atom. The Morgan fingerprint density at radius 3 is 2.67 bits per heavy atom. The summed E-state index contributed by atoms with van der Waals surface area (Å²) >= 11 is 12.0. The third-order valence-corrected chi connectivity index (χ3v) is 3.42. The molecule has 1 saturated heterocycles. The monoisotopic (exact) mass is 292 g/mol. The van der Waals surface area contributed by atoms with Crippen molar-refractivity contribution in [2.45, 2.75) is 12.4 Å². The van der Waals surface area contributed by atoms with Gasteiger partial charge in [0.15, 0.2) is 17.8 Å². The van der Waals surface area contributed by atoms with Gasteiger partial charge in [0.2, 0.25) is 0 Å². The lowest BCUT2D eigenvalue weighted by atomic mass is 10.2. The number of methoxy groups -OCH3 is 2. The summed E-state index contributed by atoms with van der Waals surface area (Å²) in [4.78, 5) is 0. The van der Waals surface area contributed by atoms with Crippen LogP contribution in [0.15, 0.2) is 12.1 Å². The predicted molar refractivity (Wildman–Crippen MR) is 68.8 cm³/mol. The van der Waals surface area contributed by atoms with E-state index in [4.69, 9.17) is 42.1 Å². The van der Waals surface area contributed by atoms with Crippen LogP contribution in [0.4, 0.5) is 0 Å². The van der Waals surface area contributed by atoms with Gasteiger partial charge in [-0.3, -0.25) is 0 Å². The second-order valence-corrected chi connectivity index (χ2v) is 4.47. The Kier molecular flexibility index (Phi) is 4.56. The zero-order chi connectivity index (χ0) is 13.1. The second-order valence-electron chi connectivity index (χ2n) is 3.78. The van der Waals surface area contributed by atoms with Crippen LogP contribution >= 0.6 is 23.2 Å². The summed E-state index contributed by atoms with van der Waals surface area (Å²) in [6, 6.07) is 3.56. The van der Waals surface area contributed by atoms with Crippen LogP contribution < -0.4 is 9.47 Å². The van der Waals surface area contributed by atoms with E-state index < -0.39 is 6.29 Å². The van der Waals surface area contributed by atoms with Crippen molar-refractivity contribution in [3.63, 3.8) is 0 Å². The summed E-state index contributed by atoms with van der Waals surface area (Å²) in [7, 11) is 3.09. The van der Waals surface area contributed by atoms with Crippen molar-refractivity contribution in [1.82, 2.24) is 0 Å². The molecule has 2 rings (SSSR count). The minimum absolute atomic E-state index is 0.110. The van der Waals surface area contributed by atoms with Crippen LogP contribution in [0.3, 0.4) is 0 Å². The quantitative estimate of drug-likeness (QED) is 0.800. The molecule has 1 aliphatic rings. The maximum absolute atomic E-state index is 6.27. The van der Waals surface area contributed by atoms with Gasteiger partial charge in [0, 0.05) is 5.56 Å². The number of rotatable bonds is 4. The highest BCUT2D eigenvalue weighted by Gasteiger charge is 2.30. The van der Waals surface area contributed by atoms with Crippen molar-refractivity contribution < 1.29 is 18.9 Å². The van der Waals surface area contributed by atoms with E-state index in [1.165, 1.54) is 7.11 Å². The molecule has 0 aromatic heterocycles. The highest BCUT2D eigenvalue weighted by atomic mass is 35.5. The zero-order valence-corrected chi connectivity index (χ0v) is 11.6. The smallest absolute Gasteiger partial charge is 0.186 e. The number of ether oxygens (including phenoxy) is 4. The maximum Gasteiger partial charge on any atom is 0.186 e. The molecule has 4 nitrogen and oxygen atoms in total. The van der Waals surface area contributed by atoms with Crippen molar-refractivity contribution >= 4 is 23.2 Å². The predicted octanol–water partition coefficient (Wildman–Crippen LogP) is 3.01. The fourth-order valence-electron chi connectivity index (χ4n) is 1.78. The van der Waals surface area contributed by atoms with E-state index >= 15 is 0 Å². The Bertz CT molecular complexity index is 425. The minimum Gasteiger partial charge on any atom is -0.493 e. The Morgan fingerprint density at radius 1 is 1.33 bits per heavy atom. The minimum atomic E-state index is -0.513. The molecule has 0 N–H and O–H groups in total. The highest BCUT2D eigenvalue weighted by Crippen LogP contribution is 2.42. The van der Waals surface area contributed by atoms with Gasteiger partial charge in [-0.1, -0.05) is 11.6 Å². The molecular weight excluding hydrogens is 279 g/mol. The molecule has 0 bridgehead atoms. The number of alkyl halides is 1. The van der Waals surface area contributed by atoms with Crippen LogP contribution in [0.2, 0.25) is 5.02 Å². The van der Waals surface area contributed by atoms with Gasteiger partial charge in [0.25, 0.3) is 0 Å². The SMILES string of the molecule is COc1ccc(C2OCC(CCl)O2)c(Cl)c1OC. The summed E-state index contributed by atoms with van der Waals surface area (Å²) in [5.41, 5.74) is 0.710. The molecule has 18 heavy (non-hydrogen) atoms. The Balaban J connectivity index is 2.29. The van der Waals surface area contributed by atoms with E-state index in [1.54, 1.807) is 19.2 Å². The normalized spacial score (nSPS) is 23.1. The molecule has 1 aliphatic heterocycles. The molecule has 1 aromatic carbocycles. The van der Waals surface area contributed by atoms with Gasteiger partial charge < -0.3 is 18.9 Å². The molecule has 0 amide bonds. The summed E-state index contributed by atoms with van der Waals surface area (Å²) in [5, 5.41) is 0.428. The third-order valence-electron chi connectivity index (χ3n) is 2.69. The molecule has 0 saturated carbocycles. The van der Waals surface area contributed by atoms with Crippen LogP contribution in [0, 0.1) is 0 Å². The number of benzene rings is 1. The molecular formula is C12H14Cl2O4. The van der Waals surface area contributed by atoms with Crippen LogP contribution in [0.25, 0.3) is 0 Å². The number of hydrogen-bond acceptors (Lipinski definition) is 4. The van der Waals surface area contributed by atoms with Crippen molar-refractivity contribution in [3.8, 4) is 11.5 Å². The van der Waals surface area contributed by atoms with Gasteiger partial charge >= 0.3 is 0 Å². The molecule has 0 spiro atoms. The summed E-state index contributed by atoms with van der Waals surface area (Å²) < 4.78 is 21.5. The maximum atomic E-state index is 6.27. The topological polar surface area (TPSA) is 36.9 Å². The highest BCUT2D eigenvalue weighted by molar-refractivity contribution is 6.33. The standard InChI is InChI=1S/C12H14Cl2O4/c1-15-9-4-3-8(10(14)11(9)16-2)12-17-6-7(5-13)18-12/h3-4,7,12H,5-6H2,1-2H3. The van der Waals surface area contributed by atoms with E-state index in [9.17, 15) is 0 Å². The molecule has 6 heteroatoms. The van der Waals surface area contributed by atoms with Crippen molar-refractivity contribution in [2.24, 2.45) is 0 Å². The van der Waals surface area contributed by atoms with Crippen LogP contribution in [0.5, 0.6) is 11.5 Å². The first-order chi connectivity index (χ1) is 8.71. The summed E-state index contributed by atoms with van der Waals surface area (Å²) in [5.74, 6) is 1.43. The molecule has 100 valence electrons. The number of halogens is 2. The third kappa shape index (κ3) is 2.52. The van der Waals surface area contributed by atoms with Crippen LogP contribution in [-0.2, 0) is 9.47 Å². The molecule has 2 atom stereocenters. The Hall–Kier alpha value is -0.680. The Labute approximate surface area is 116 Å². The second kappa shape index (κ2) is 5.97. The van der Waals surface area contributed by atoms with Gasteiger partial charge in [-0.15, -0.1) is 11.6 Å². The lowest BCUT2D eigenvalue weighted by molar-refractivity contribution is -0.0567. The van der Waals surface area contributed by atoms with Gasteiger partial charge in [-0.2, -0.15) is 0 Å². The molecule has 0 aliphatic carbocycles. The van der Waals surface area contributed by atoms with Gasteiger partial charge in [-0.05, 0) is 12.1 Å². The fraction of sp³-hybridized carbons (Fsp3) is 0.500. The van der Waals surface area contributed by atoms with Crippen molar-refractivity contribution in [3.05, 3.63) is 22.7 Å². The first-order valence-corrected chi connectivity index (χ1v) is 6.36. The van der Waals surface area contributed by atoms with Crippen molar-refractivity contribution in [2.75, 3.05) is 26.7 Å². The fourth-order valence-corrected chi connectivity index (χ4v) is 2.26. The lowest BCUT2D eigenvalue weighted by Gasteiger charge is -2.16. The van der Waals surface area contributed by atoms with E-state index in [0.717, 1.165) is 0 Å². The van der Waals surface area contributed by atoms with Gasteiger partial charge in [0.05, 0.1) is 37.8 Å². The molecule has 2 unspecified atom stereocenters. The average Bonchev–Trinajstić information content (AvgIpc) is 2.86. The molecule has 1 heterocycles. The molecule has 0 radical (unpaired) electrons. The molecule has 1 aromatic rings. The lowest BCUT2D eigenvalue weighted by Crippen LogP contribution is -2.11. The molecule has 1 fully saturated rings. The summed E-state index contributed by atoms with van der Waals surface area (Å²) in [6.07, 6.45) is -0.623. The van der Waals surface area contributed by atoms with Crippen LogP contribution in [-0.4, -0.2) is 32.8 Å². The summed E-state index contributed by atoms with van der Waals surface area (Å²) in [6.45, 7) is 0.457. The van der Waals surface area contributed by atoms with E-state index in [-0.39, 0.29) is 6.10 Å². The van der Waals surface area contributed by atoms with Crippen molar-refractivity contribution in [1.29, 1.82) is 0 Å². The van der Waals surface area contributed by atoms with E-state index in [2.05, 4.69) is 0 Å². The first-order valence-electron chi connectivity index (χ1n) is 5.44. The van der Waals surface area contributed by atoms with E-state index in [1.807, 2.05) is 0 Å². The van der Waals surface area contributed by atoms with Crippen LogP contribution in [0.1, 0.15) is 11.9 Å². The zero-order valence-electron chi connectivity index (χ0n) is 10.1. The number of hydrogen-bond donors (Lipinski definition) is 0. The average molecular weight is 293 g/mol. The largest absolute Gasteiger partial charge is 0.493 e. The van der Waals surface area contributed by atoms with E-state index in [0.29, 0.717) is 34.6 Å². The van der Waals surface area contributed by atoms with Gasteiger partial charge in [-0.25, -0.2) is 0 Å².